The molecule has 0 aliphatic heterocycles. The van der Waals surface area contributed by atoms with Crippen LogP contribution in [0, 0.1) is 0 Å². The summed E-state index contributed by atoms with van der Waals surface area (Å²) < 4.78 is 27.7. The van der Waals surface area contributed by atoms with Crippen LogP contribution in [0.25, 0.3) is 0 Å². The maximum absolute atomic E-state index is 11.3. The lowest BCUT2D eigenvalue weighted by atomic mass is 10.2. The molecule has 5 N–H and O–H groups in total. The molecule has 0 spiro atoms. The molecule has 0 heterocycles. The number of nitrogen functional groups attached to an aromatic ring is 1. The van der Waals surface area contributed by atoms with Gasteiger partial charge in [0.15, 0.2) is 0 Å². The molecule has 0 fully saturated rings. The fraction of sp³-hybridized carbons (Fsp3) is 0.0769. The lowest BCUT2D eigenvalue weighted by Crippen LogP contribution is -2.12. The highest BCUT2D eigenvalue weighted by atomic mass is 35.5. The lowest BCUT2D eigenvalue weighted by molar-refractivity contribution is 0.417. The topological polar surface area (TPSA) is 107 Å². The molecule has 0 atom stereocenters. The number of halogens is 1. The van der Waals surface area contributed by atoms with Gasteiger partial charge in [-0.25, -0.2) is 13.6 Å². The van der Waals surface area contributed by atoms with Gasteiger partial charge in [0.25, 0.3) is 0 Å². The Bertz CT molecular complexity index is 778. The minimum atomic E-state index is -3.79. The summed E-state index contributed by atoms with van der Waals surface area (Å²) in [7, 11) is -2.26. The third-order valence-corrected chi connectivity index (χ3v) is 3.93. The van der Waals surface area contributed by atoms with Gasteiger partial charge in [-0.3, -0.25) is 0 Å². The molecule has 0 aromatic heterocycles. The third kappa shape index (κ3) is 3.57. The maximum Gasteiger partial charge on any atom is 0.238 e. The molecule has 0 amide bonds. The van der Waals surface area contributed by atoms with Crippen molar-refractivity contribution < 1.29 is 13.2 Å². The van der Waals surface area contributed by atoms with Gasteiger partial charge >= 0.3 is 0 Å². The van der Waals surface area contributed by atoms with Crippen molar-refractivity contribution in [2.24, 2.45) is 5.14 Å². The average Bonchev–Trinajstić information content (AvgIpc) is 2.40. The van der Waals surface area contributed by atoms with Crippen LogP contribution in [0.1, 0.15) is 0 Å². The monoisotopic (exact) mass is 327 g/mol. The zero-order chi connectivity index (χ0) is 15.6. The number of ether oxygens (including phenoxy) is 1. The number of benzene rings is 2. The van der Waals surface area contributed by atoms with E-state index >= 15 is 0 Å². The Labute approximate surface area is 127 Å². The number of hydrogen-bond donors (Lipinski definition) is 3. The first-order valence-electron chi connectivity index (χ1n) is 5.84. The standard InChI is InChI=1S/C13H14ClN3O3S/c1-20-13-5-2-8(14)6-12(13)17-11-4-3-9(7-10(11)15)21(16,18)19/h2-7,17H,15H2,1H3,(H2,16,18,19). The van der Waals surface area contributed by atoms with E-state index in [1.54, 1.807) is 18.2 Å². The second-order valence-corrected chi connectivity index (χ2v) is 6.26. The van der Waals surface area contributed by atoms with Crippen molar-refractivity contribution in [1.82, 2.24) is 0 Å². The number of primary sulfonamides is 1. The van der Waals surface area contributed by atoms with Crippen molar-refractivity contribution in [3.63, 3.8) is 0 Å². The Morgan fingerprint density at radius 3 is 2.43 bits per heavy atom. The van der Waals surface area contributed by atoms with Gasteiger partial charge in [-0.2, -0.15) is 0 Å². The van der Waals surface area contributed by atoms with E-state index in [-0.39, 0.29) is 10.6 Å². The summed E-state index contributed by atoms with van der Waals surface area (Å²) in [5.41, 5.74) is 7.21. The van der Waals surface area contributed by atoms with E-state index in [1.807, 2.05) is 0 Å². The van der Waals surface area contributed by atoms with E-state index in [2.05, 4.69) is 5.32 Å². The van der Waals surface area contributed by atoms with Crippen molar-refractivity contribution in [2.75, 3.05) is 18.2 Å². The van der Waals surface area contributed by atoms with E-state index in [0.717, 1.165) is 0 Å². The van der Waals surface area contributed by atoms with E-state index in [4.69, 9.17) is 27.2 Å². The van der Waals surface area contributed by atoms with Crippen LogP contribution in [0.15, 0.2) is 41.3 Å². The molecule has 0 saturated carbocycles. The summed E-state index contributed by atoms with van der Waals surface area (Å²) in [5, 5.41) is 8.62. The Balaban J connectivity index is 2.39. The highest BCUT2D eigenvalue weighted by Crippen LogP contribution is 2.33. The van der Waals surface area contributed by atoms with Gasteiger partial charge in [0, 0.05) is 5.02 Å². The maximum atomic E-state index is 11.3. The van der Waals surface area contributed by atoms with Crippen LogP contribution >= 0.6 is 11.6 Å². The van der Waals surface area contributed by atoms with Crippen LogP contribution in [0.4, 0.5) is 17.1 Å². The van der Waals surface area contributed by atoms with E-state index in [1.165, 1.54) is 25.3 Å². The van der Waals surface area contributed by atoms with Crippen LogP contribution in [0.2, 0.25) is 5.02 Å². The van der Waals surface area contributed by atoms with Gasteiger partial charge in [-0.05, 0) is 36.4 Å². The number of methoxy groups -OCH3 is 1. The van der Waals surface area contributed by atoms with Gasteiger partial charge in [0.2, 0.25) is 10.0 Å². The molecule has 0 bridgehead atoms. The molecule has 2 aromatic rings. The van der Waals surface area contributed by atoms with Crippen molar-refractivity contribution >= 4 is 38.7 Å². The minimum absolute atomic E-state index is 0.0522. The fourth-order valence-corrected chi connectivity index (χ4v) is 2.48. The molecule has 21 heavy (non-hydrogen) atoms. The molecule has 8 heteroatoms. The highest BCUT2D eigenvalue weighted by Gasteiger charge is 2.11. The van der Waals surface area contributed by atoms with E-state index < -0.39 is 10.0 Å². The van der Waals surface area contributed by atoms with Crippen LogP contribution in [0.5, 0.6) is 5.75 Å². The lowest BCUT2D eigenvalue weighted by Gasteiger charge is -2.13. The number of anilines is 3. The summed E-state index contributed by atoms with van der Waals surface area (Å²) in [4.78, 5) is -0.0522. The normalized spacial score (nSPS) is 11.2. The molecule has 0 aliphatic rings. The average molecular weight is 328 g/mol. The van der Waals surface area contributed by atoms with Crippen molar-refractivity contribution in [3.8, 4) is 5.75 Å². The van der Waals surface area contributed by atoms with E-state index in [9.17, 15) is 8.42 Å². The Morgan fingerprint density at radius 1 is 1.14 bits per heavy atom. The molecule has 112 valence electrons. The van der Waals surface area contributed by atoms with Gasteiger partial charge in [0.1, 0.15) is 5.75 Å². The zero-order valence-corrected chi connectivity index (χ0v) is 12.7. The summed E-state index contributed by atoms with van der Waals surface area (Å²) in [6.07, 6.45) is 0. The minimum Gasteiger partial charge on any atom is -0.495 e. The largest absolute Gasteiger partial charge is 0.495 e. The highest BCUT2D eigenvalue weighted by molar-refractivity contribution is 7.89. The predicted molar refractivity (Wildman–Crippen MR) is 83.5 cm³/mol. The molecule has 0 unspecified atom stereocenters. The summed E-state index contributed by atoms with van der Waals surface area (Å²) in [6.45, 7) is 0. The van der Waals surface area contributed by atoms with E-state index in [0.29, 0.717) is 22.1 Å². The van der Waals surface area contributed by atoms with Gasteiger partial charge in [0.05, 0.1) is 29.1 Å². The second-order valence-electron chi connectivity index (χ2n) is 4.26. The zero-order valence-electron chi connectivity index (χ0n) is 11.1. The Hall–Kier alpha value is -1.96. The van der Waals surface area contributed by atoms with Crippen LogP contribution in [-0.2, 0) is 10.0 Å². The molecule has 0 saturated heterocycles. The fourth-order valence-electron chi connectivity index (χ4n) is 1.75. The number of rotatable bonds is 4. The summed E-state index contributed by atoms with van der Waals surface area (Å²) in [5.74, 6) is 0.578. The Kier molecular flexibility index (Phi) is 4.26. The van der Waals surface area contributed by atoms with Crippen molar-refractivity contribution in [1.29, 1.82) is 0 Å². The first-order valence-corrected chi connectivity index (χ1v) is 7.76. The quantitative estimate of drug-likeness (QED) is 0.747. The summed E-state index contributed by atoms with van der Waals surface area (Å²) >= 11 is 5.94. The van der Waals surface area contributed by atoms with Crippen LogP contribution in [-0.4, -0.2) is 15.5 Å². The smallest absolute Gasteiger partial charge is 0.238 e. The molecule has 6 nitrogen and oxygen atoms in total. The van der Waals surface area contributed by atoms with Crippen molar-refractivity contribution in [2.45, 2.75) is 4.90 Å². The summed E-state index contributed by atoms with van der Waals surface area (Å²) in [6, 6.07) is 9.25. The van der Waals surface area contributed by atoms with Gasteiger partial charge in [-0.1, -0.05) is 11.6 Å². The predicted octanol–water partition coefficient (Wildman–Crippen LogP) is 2.32. The van der Waals surface area contributed by atoms with Crippen LogP contribution in [0.3, 0.4) is 0 Å². The third-order valence-electron chi connectivity index (χ3n) is 2.78. The molecule has 2 aromatic carbocycles. The second kappa shape index (κ2) is 5.80. The SMILES string of the molecule is COc1ccc(Cl)cc1Nc1ccc(S(N)(=O)=O)cc1N. The number of hydrogen-bond acceptors (Lipinski definition) is 5. The van der Waals surface area contributed by atoms with Crippen LogP contribution < -0.4 is 20.9 Å². The Morgan fingerprint density at radius 2 is 1.86 bits per heavy atom. The van der Waals surface area contributed by atoms with Crippen molar-refractivity contribution in [3.05, 3.63) is 41.4 Å². The first-order chi connectivity index (χ1) is 9.81. The molecular formula is C13H14ClN3O3S. The molecular weight excluding hydrogens is 314 g/mol. The number of nitrogens with two attached hydrogens (primary N) is 2. The van der Waals surface area contributed by atoms with Gasteiger partial charge < -0.3 is 15.8 Å². The number of sulfonamides is 1. The molecule has 0 radical (unpaired) electrons. The first kappa shape index (κ1) is 15.4. The molecule has 2 rings (SSSR count). The van der Waals surface area contributed by atoms with Gasteiger partial charge in [-0.15, -0.1) is 0 Å². The molecule has 0 aliphatic carbocycles. The number of nitrogens with one attached hydrogen (secondary N) is 1.